The highest BCUT2D eigenvalue weighted by molar-refractivity contribution is 6.35. The van der Waals surface area contributed by atoms with Crippen LogP contribution in [-0.4, -0.2) is 34.0 Å². The van der Waals surface area contributed by atoms with Gasteiger partial charge in [0.05, 0.1) is 0 Å². The van der Waals surface area contributed by atoms with Gasteiger partial charge in [0.15, 0.2) is 0 Å². The zero-order valence-electron chi connectivity index (χ0n) is 11.9. The maximum Gasteiger partial charge on any atom is 0.327 e. The van der Waals surface area contributed by atoms with Crippen LogP contribution in [-0.2, 0) is 9.59 Å². The molecule has 2 aromatic rings. The van der Waals surface area contributed by atoms with Gasteiger partial charge >= 0.3 is 11.8 Å². The molecular weight excluding hydrogens is 302 g/mol. The van der Waals surface area contributed by atoms with E-state index >= 15 is 0 Å². The smallest absolute Gasteiger partial charge is 0.327 e. The Kier molecular flexibility index (Phi) is 4.00. The minimum Gasteiger partial charge on any atom is -0.423 e. The summed E-state index contributed by atoms with van der Waals surface area (Å²) in [6, 6.07) is 6.39. The summed E-state index contributed by atoms with van der Waals surface area (Å²) in [6.45, 7) is 0. The number of benzene rings is 1. The third-order valence-corrected chi connectivity index (χ3v) is 3.16. The number of amides is 3. The predicted octanol–water partition coefficient (Wildman–Crippen LogP) is -0.224. The topological polar surface area (TPSA) is 126 Å². The molecule has 1 aliphatic rings. The average molecular weight is 315 g/mol. The van der Waals surface area contributed by atoms with Crippen molar-refractivity contribution < 1.29 is 18.8 Å². The van der Waals surface area contributed by atoms with Crippen molar-refractivity contribution in [2.24, 2.45) is 0 Å². The minimum absolute atomic E-state index is 0.0706. The molecule has 0 radical (unpaired) electrons. The molecule has 0 saturated heterocycles. The van der Waals surface area contributed by atoms with Crippen LogP contribution in [0.4, 0.5) is 0 Å². The van der Waals surface area contributed by atoms with Gasteiger partial charge in [0.2, 0.25) is 12.3 Å². The maximum absolute atomic E-state index is 11.9. The van der Waals surface area contributed by atoms with Gasteiger partial charge in [-0.3, -0.25) is 25.2 Å². The average Bonchev–Trinajstić information content (AvgIpc) is 3.21. The molecule has 23 heavy (non-hydrogen) atoms. The summed E-state index contributed by atoms with van der Waals surface area (Å²) in [5.41, 5.74) is 5.20. The fraction of sp³-hybridized carbons (Fsp3) is 0.214. The van der Waals surface area contributed by atoms with Crippen molar-refractivity contribution >= 4 is 17.7 Å². The largest absolute Gasteiger partial charge is 0.423 e. The molecule has 0 bridgehead atoms. The second-order valence-electron chi connectivity index (χ2n) is 4.98. The number of hydrogen-bond acceptors (Lipinski definition) is 6. The van der Waals surface area contributed by atoms with Crippen molar-refractivity contribution in [3.8, 4) is 11.5 Å². The van der Waals surface area contributed by atoms with Gasteiger partial charge in [-0.2, -0.15) is 0 Å². The van der Waals surface area contributed by atoms with Crippen molar-refractivity contribution in [3.63, 3.8) is 0 Å². The highest BCUT2D eigenvalue weighted by atomic mass is 16.4. The molecule has 3 rings (SSSR count). The van der Waals surface area contributed by atoms with Crippen LogP contribution in [0, 0.1) is 0 Å². The molecule has 3 amide bonds. The van der Waals surface area contributed by atoms with E-state index in [1.54, 1.807) is 12.1 Å². The molecule has 0 unspecified atom stereocenters. The van der Waals surface area contributed by atoms with Gasteiger partial charge in [-0.05, 0) is 37.1 Å². The quantitative estimate of drug-likeness (QED) is 0.531. The number of carbonyl (C=O) groups excluding carboxylic acids is 3. The van der Waals surface area contributed by atoms with Gasteiger partial charge in [0, 0.05) is 17.2 Å². The zero-order valence-corrected chi connectivity index (χ0v) is 11.9. The Labute approximate surface area is 130 Å². The van der Waals surface area contributed by atoms with Crippen LogP contribution in [0.2, 0.25) is 0 Å². The highest BCUT2D eigenvalue weighted by Crippen LogP contribution is 2.18. The van der Waals surface area contributed by atoms with Crippen LogP contribution in [0.5, 0.6) is 0 Å². The van der Waals surface area contributed by atoms with Crippen molar-refractivity contribution in [2.45, 2.75) is 18.9 Å². The lowest BCUT2D eigenvalue weighted by Crippen LogP contribution is -2.48. The summed E-state index contributed by atoms with van der Waals surface area (Å²) in [4.78, 5) is 34.8. The number of carbonyl (C=O) groups is 3. The van der Waals surface area contributed by atoms with Crippen LogP contribution < -0.4 is 16.2 Å². The molecular formula is C14H13N5O4. The summed E-state index contributed by atoms with van der Waals surface area (Å²) in [6.07, 6.45) is 2.95. The van der Waals surface area contributed by atoms with E-state index in [0.29, 0.717) is 17.0 Å². The molecule has 9 heteroatoms. The molecule has 1 aromatic heterocycles. The summed E-state index contributed by atoms with van der Waals surface area (Å²) in [7, 11) is 0. The Hall–Kier alpha value is -3.23. The maximum atomic E-state index is 11.9. The van der Waals surface area contributed by atoms with E-state index in [4.69, 9.17) is 4.42 Å². The highest BCUT2D eigenvalue weighted by Gasteiger charge is 2.26. The molecule has 3 N–H and O–H groups in total. The van der Waals surface area contributed by atoms with E-state index in [1.807, 2.05) is 0 Å². The number of hydrazine groups is 1. The number of rotatable bonds is 3. The predicted molar refractivity (Wildman–Crippen MR) is 76.5 cm³/mol. The van der Waals surface area contributed by atoms with Crippen LogP contribution in [0.25, 0.3) is 11.5 Å². The Morgan fingerprint density at radius 2 is 1.78 bits per heavy atom. The first-order valence-corrected chi connectivity index (χ1v) is 6.91. The first-order valence-electron chi connectivity index (χ1n) is 6.91. The van der Waals surface area contributed by atoms with Crippen LogP contribution >= 0.6 is 0 Å². The summed E-state index contributed by atoms with van der Waals surface area (Å²) in [5, 5.41) is 9.83. The summed E-state index contributed by atoms with van der Waals surface area (Å²) in [5.74, 6) is -1.89. The molecule has 9 nitrogen and oxygen atoms in total. The van der Waals surface area contributed by atoms with E-state index in [2.05, 4.69) is 26.4 Å². The van der Waals surface area contributed by atoms with E-state index in [-0.39, 0.29) is 6.04 Å². The van der Waals surface area contributed by atoms with Crippen molar-refractivity contribution in [1.29, 1.82) is 0 Å². The van der Waals surface area contributed by atoms with Crippen LogP contribution in [0.1, 0.15) is 23.2 Å². The first kappa shape index (κ1) is 14.7. The number of nitrogens with one attached hydrogen (secondary N) is 3. The van der Waals surface area contributed by atoms with Crippen LogP contribution in [0.15, 0.2) is 35.1 Å². The van der Waals surface area contributed by atoms with E-state index in [1.165, 1.54) is 18.5 Å². The Morgan fingerprint density at radius 3 is 2.39 bits per heavy atom. The fourth-order valence-electron chi connectivity index (χ4n) is 1.78. The van der Waals surface area contributed by atoms with Gasteiger partial charge in [-0.15, -0.1) is 10.2 Å². The lowest BCUT2D eigenvalue weighted by molar-refractivity contribution is -0.139. The Bertz CT molecular complexity index is 722. The molecule has 1 aliphatic carbocycles. The van der Waals surface area contributed by atoms with E-state index < -0.39 is 17.7 Å². The number of nitrogens with zero attached hydrogens (tertiary/aromatic N) is 2. The van der Waals surface area contributed by atoms with E-state index in [9.17, 15) is 14.4 Å². The fourth-order valence-corrected chi connectivity index (χ4v) is 1.78. The number of aromatic nitrogens is 2. The second-order valence-corrected chi connectivity index (χ2v) is 4.98. The molecule has 1 heterocycles. The zero-order chi connectivity index (χ0) is 16.2. The van der Waals surface area contributed by atoms with Crippen LogP contribution in [0.3, 0.4) is 0 Å². The molecule has 1 fully saturated rings. The Morgan fingerprint density at radius 1 is 1.04 bits per heavy atom. The standard InChI is InChI=1S/C14H13N5O4/c20-11(17-18-13(22)12(21)16-10-5-6-10)8-1-3-9(4-2-8)14-19-15-7-23-14/h1-4,7,10H,5-6H2,(H,16,21)(H,17,20)(H,18,22). The van der Waals surface area contributed by atoms with Crippen molar-refractivity contribution in [1.82, 2.24) is 26.4 Å². The van der Waals surface area contributed by atoms with Gasteiger partial charge in [0.1, 0.15) is 0 Å². The van der Waals surface area contributed by atoms with Gasteiger partial charge < -0.3 is 9.73 Å². The monoisotopic (exact) mass is 315 g/mol. The van der Waals surface area contributed by atoms with Gasteiger partial charge in [-0.25, -0.2) is 0 Å². The normalized spacial score (nSPS) is 13.2. The third kappa shape index (κ3) is 3.70. The molecule has 1 aromatic carbocycles. The molecule has 0 spiro atoms. The molecule has 1 saturated carbocycles. The first-order chi connectivity index (χ1) is 11.1. The van der Waals surface area contributed by atoms with Crippen molar-refractivity contribution in [2.75, 3.05) is 0 Å². The molecule has 0 aliphatic heterocycles. The minimum atomic E-state index is -0.910. The van der Waals surface area contributed by atoms with Crippen molar-refractivity contribution in [3.05, 3.63) is 36.2 Å². The second kappa shape index (κ2) is 6.26. The lowest BCUT2D eigenvalue weighted by Gasteiger charge is -2.07. The molecule has 0 atom stereocenters. The van der Waals surface area contributed by atoms with Gasteiger partial charge in [-0.1, -0.05) is 0 Å². The van der Waals surface area contributed by atoms with E-state index in [0.717, 1.165) is 12.8 Å². The third-order valence-electron chi connectivity index (χ3n) is 3.16. The summed E-state index contributed by atoms with van der Waals surface area (Å²) < 4.78 is 5.04. The summed E-state index contributed by atoms with van der Waals surface area (Å²) >= 11 is 0. The SMILES string of the molecule is O=C(NNC(=O)c1ccc(-c2nnco2)cc1)C(=O)NC1CC1. The molecule has 118 valence electrons. The lowest BCUT2D eigenvalue weighted by atomic mass is 10.1. The Balaban J connectivity index is 1.53. The number of hydrogen-bond donors (Lipinski definition) is 3. The van der Waals surface area contributed by atoms with Gasteiger partial charge in [0.25, 0.3) is 5.91 Å².